The zero-order chi connectivity index (χ0) is 10.9. The minimum atomic E-state index is 0.924. The number of hydrogen-bond donors (Lipinski definition) is 0. The Morgan fingerprint density at radius 2 is 2.00 bits per heavy atom. The van der Waals surface area contributed by atoms with Crippen LogP contribution in [-0.2, 0) is 6.42 Å². The van der Waals surface area contributed by atoms with Crippen LogP contribution in [0.5, 0.6) is 5.75 Å². The Morgan fingerprint density at radius 3 is 2.73 bits per heavy atom. The molecule has 0 aliphatic carbocycles. The van der Waals surface area contributed by atoms with E-state index >= 15 is 0 Å². The Bertz CT molecular complexity index is 273. The standard InChI is InChI=1S/C13H21NO/c1-3-4-5-6-7-8-12-9-10-14-11-13(12)15-2/h9-11H,3-8H2,1-2H3. The van der Waals surface area contributed by atoms with Gasteiger partial charge in [0.15, 0.2) is 0 Å². The average molecular weight is 207 g/mol. The molecule has 0 aliphatic heterocycles. The summed E-state index contributed by atoms with van der Waals surface area (Å²) in [5.41, 5.74) is 1.28. The summed E-state index contributed by atoms with van der Waals surface area (Å²) in [5.74, 6) is 0.924. The van der Waals surface area contributed by atoms with Crippen molar-refractivity contribution in [1.29, 1.82) is 0 Å². The molecule has 1 aromatic heterocycles. The molecule has 0 spiro atoms. The predicted octanol–water partition coefficient (Wildman–Crippen LogP) is 3.60. The molecular weight excluding hydrogens is 186 g/mol. The molecule has 0 saturated heterocycles. The van der Waals surface area contributed by atoms with Gasteiger partial charge in [-0.1, -0.05) is 32.6 Å². The highest BCUT2D eigenvalue weighted by Gasteiger charge is 2.01. The molecule has 1 rings (SSSR count). The molecule has 0 aliphatic rings. The summed E-state index contributed by atoms with van der Waals surface area (Å²) in [5, 5.41) is 0. The summed E-state index contributed by atoms with van der Waals surface area (Å²) < 4.78 is 5.26. The van der Waals surface area contributed by atoms with Crippen LogP contribution in [0.2, 0.25) is 0 Å². The number of hydrogen-bond acceptors (Lipinski definition) is 2. The molecular formula is C13H21NO. The van der Waals surface area contributed by atoms with E-state index in [0.717, 1.165) is 12.2 Å². The van der Waals surface area contributed by atoms with Gasteiger partial charge in [-0.15, -0.1) is 0 Å². The molecule has 0 radical (unpaired) electrons. The van der Waals surface area contributed by atoms with Crippen molar-refractivity contribution in [1.82, 2.24) is 4.98 Å². The van der Waals surface area contributed by atoms with E-state index in [1.807, 2.05) is 6.20 Å². The topological polar surface area (TPSA) is 22.1 Å². The maximum absolute atomic E-state index is 5.26. The number of aromatic nitrogens is 1. The van der Waals surface area contributed by atoms with Gasteiger partial charge in [0, 0.05) is 6.20 Å². The molecule has 0 atom stereocenters. The first-order valence-electron chi connectivity index (χ1n) is 5.85. The van der Waals surface area contributed by atoms with Crippen molar-refractivity contribution in [3.63, 3.8) is 0 Å². The van der Waals surface area contributed by atoms with Crippen LogP contribution in [0.15, 0.2) is 18.5 Å². The first-order chi connectivity index (χ1) is 7.38. The summed E-state index contributed by atoms with van der Waals surface area (Å²) in [6.07, 6.45) is 11.3. The van der Waals surface area contributed by atoms with Crippen LogP contribution in [0.3, 0.4) is 0 Å². The van der Waals surface area contributed by atoms with Crippen molar-refractivity contribution in [2.75, 3.05) is 7.11 Å². The SMILES string of the molecule is CCCCCCCc1ccncc1OC. The summed E-state index contributed by atoms with van der Waals surface area (Å²) in [6.45, 7) is 2.24. The lowest BCUT2D eigenvalue weighted by Gasteiger charge is -2.06. The van der Waals surface area contributed by atoms with Crippen molar-refractivity contribution in [2.45, 2.75) is 45.4 Å². The third-order valence-electron chi connectivity index (χ3n) is 2.64. The second kappa shape index (κ2) is 7.27. The smallest absolute Gasteiger partial charge is 0.140 e. The number of pyridine rings is 1. The first-order valence-corrected chi connectivity index (χ1v) is 5.85. The van der Waals surface area contributed by atoms with E-state index in [-0.39, 0.29) is 0 Å². The Kier molecular flexibility index (Phi) is 5.83. The van der Waals surface area contributed by atoms with Crippen LogP contribution in [0.1, 0.15) is 44.6 Å². The molecule has 0 fully saturated rings. The van der Waals surface area contributed by atoms with E-state index < -0.39 is 0 Å². The van der Waals surface area contributed by atoms with Crippen molar-refractivity contribution >= 4 is 0 Å². The van der Waals surface area contributed by atoms with Gasteiger partial charge < -0.3 is 4.74 Å². The maximum atomic E-state index is 5.26. The van der Waals surface area contributed by atoms with Gasteiger partial charge in [-0.05, 0) is 24.5 Å². The van der Waals surface area contributed by atoms with E-state index in [0.29, 0.717) is 0 Å². The lowest BCUT2D eigenvalue weighted by molar-refractivity contribution is 0.406. The van der Waals surface area contributed by atoms with E-state index in [1.54, 1.807) is 13.3 Å². The first kappa shape index (κ1) is 12.0. The van der Waals surface area contributed by atoms with Crippen molar-refractivity contribution < 1.29 is 4.74 Å². The fraction of sp³-hybridized carbons (Fsp3) is 0.615. The highest BCUT2D eigenvalue weighted by Crippen LogP contribution is 2.18. The minimum absolute atomic E-state index is 0.924. The molecule has 2 nitrogen and oxygen atoms in total. The number of rotatable bonds is 7. The van der Waals surface area contributed by atoms with Crippen LogP contribution in [0, 0.1) is 0 Å². The quantitative estimate of drug-likeness (QED) is 0.637. The molecule has 0 aromatic carbocycles. The van der Waals surface area contributed by atoms with Gasteiger partial charge in [0.25, 0.3) is 0 Å². The average Bonchev–Trinajstić information content (AvgIpc) is 2.29. The third kappa shape index (κ3) is 4.32. The lowest BCUT2D eigenvalue weighted by atomic mass is 10.1. The molecule has 0 unspecified atom stereocenters. The van der Waals surface area contributed by atoms with Crippen molar-refractivity contribution in [3.05, 3.63) is 24.0 Å². The fourth-order valence-electron chi connectivity index (χ4n) is 1.72. The number of nitrogens with zero attached hydrogens (tertiary/aromatic N) is 1. The zero-order valence-corrected chi connectivity index (χ0v) is 9.83. The lowest BCUT2D eigenvalue weighted by Crippen LogP contribution is -1.93. The Hall–Kier alpha value is -1.05. The third-order valence-corrected chi connectivity index (χ3v) is 2.64. The Labute approximate surface area is 92.7 Å². The van der Waals surface area contributed by atoms with Gasteiger partial charge in [0.1, 0.15) is 5.75 Å². The van der Waals surface area contributed by atoms with Crippen molar-refractivity contribution in [3.8, 4) is 5.75 Å². The normalized spacial score (nSPS) is 10.3. The van der Waals surface area contributed by atoms with E-state index in [1.165, 1.54) is 37.7 Å². The van der Waals surface area contributed by atoms with Gasteiger partial charge in [-0.2, -0.15) is 0 Å². The highest BCUT2D eigenvalue weighted by molar-refractivity contribution is 5.29. The molecule has 0 saturated carbocycles. The molecule has 1 aromatic rings. The molecule has 84 valence electrons. The van der Waals surface area contributed by atoms with Crippen molar-refractivity contribution in [2.24, 2.45) is 0 Å². The second-order valence-electron chi connectivity index (χ2n) is 3.85. The molecule has 2 heteroatoms. The number of ether oxygens (including phenoxy) is 1. The van der Waals surface area contributed by atoms with Crippen LogP contribution >= 0.6 is 0 Å². The highest BCUT2D eigenvalue weighted by atomic mass is 16.5. The van der Waals surface area contributed by atoms with E-state index in [2.05, 4.69) is 18.0 Å². The van der Waals surface area contributed by atoms with Gasteiger partial charge >= 0.3 is 0 Å². The van der Waals surface area contributed by atoms with E-state index in [9.17, 15) is 0 Å². The molecule has 0 bridgehead atoms. The fourth-order valence-corrected chi connectivity index (χ4v) is 1.72. The number of aryl methyl sites for hydroxylation is 1. The molecule has 0 N–H and O–H groups in total. The summed E-state index contributed by atoms with van der Waals surface area (Å²) >= 11 is 0. The van der Waals surface area contributed by atoms with Gasteiger partial charge in [-0.3, -0.25) is 4.98 Å². The van der Waals surface area contributed by atoms with Gasteiger partial charge in [-0.25, -0.2) is 0 Å². The number of unbranched alkanes of at least 4 members (excludes halogenated alkanes) is 4. The molecule has 15 heavy (non-hydrogen) atoms. The van der Waals surface area contributed by atoms with Crippen LogP contribution in [0.25, 0.3) is 0 Å². The number of methoxy groups -OCH3 is 1. The Morgan fingerprint density at radius 1 is 1.20 bits per heavy atom. The van der Waals surface area contributed by atoms with Crippen LogP contribution < -0.4 is 4.74 Å². The molecule has 1 heterocycles. The molecule has 0 amide bonds. The van der Waals surface area contributed by atoms with Gasteiger partial charge in [0.05, 0.1) is 13.3 Å². The second-order valence-corrected chi connectivity index (χ2v) is 3.85. The monoisotopic (exact) mass is 207 g/mol. The van der Waals surface area contributed by atoms with Gasteiger partial charge in [0.2, 0.25) is 0 Å². The van der Waals surface area contributed by atoms with Crippen LogP contribution in [0.4, 0.5) is 0 Å². The minimum Gasteiger partial charge on any atom is -0.495 e. The summed E-state index contributed by atoms with van der Waals surface area (Å²) in [7, 11) is 1.71. The summed E-state index contributed by atoms with van der Waals surface area (Å²) in [6, 6.07) is 2.05. The van der Waals surface area contributed by atoms with Crippen LogP contribution in [-0.4, -0.2) is 12.1 Å². The van der Waals surface area contributed by atoms with E-state index in [4.69, 9.17) is 4.74 Å². The maximum Gasteiger partial charge on any atom is 0.140 e. The predicted molar refractivity (Wildman–Crippen MR) is 63.3 cm³/mol. The Balaban J connectivity index is 2.30. The largest absolute Gasteiger partial charge is 0.495 e. The zero-order valence-electron chi connectivity index (χ0n) is 9.83. The summed E-state index contributed by atoms with van der Waals surface area (Å²) in [4.78, 5) is 4.05.